The second-order valence-electron chi connectivity index (χ2n) is 12.8. The summed E-state index contributed by atoms with van der Waals surface area (Å²) in [5.74, 6) is 0.296. The number of nitriles is 1. The monoisotopic (exact) mass is 598 g/mol. The number of aromatic nitrogens is 2. The van der Waals surface area contributed by atoms with Crippen molar-refractivity contribution in [3.8, 4) is 12.1 Å². The third kappa shape index (κ3) is 4.68. The topological polar surface area (TPSA) is 101 Å². The minimum atomic E-state index is -0.939. The van der Waals surface area contributed by atoms with Gasteiger partial charge in [0.15, 0.2) is 5.82 Å². The molecule has 4 atom stereocenters. The molecule has 2 aromatic rings. The lowest BCUT2D eigenvalue weighted by molar-refractivity contribution is -0.0876. The van der Waals surface area contributed by atoms with Crippen molar-refractivity contribution in [2.45, 2.75) is 88.1 Å². The molecule has 1 aromatic heterocycles. The largest absolute Gasteiger partial charge is 0.461 e. The van der Waals surface area contributed by atoms with Crippen LogP contribution >= 0.6 is 11.6 Å². The number of nitrogen functional groups attached to an aromatic ring is 1. The highest BCUT2D eigenvalue weighted by Gasteiger charge is 2.50. The molecule has 3 saturated heterocycles. The Hall–Kier alpha value is -2.74. The highest BCUT2D eigenvalue weighted by atomic mass is 35.5. The van der Waals surface area contributed by atoms with E-state index in [-0.39, 0.29) is 29.8 Å². The zero-order valence-corrected chi connectivity index (χ0v) is 24.6. The van der Waals surface area contributed by atoms with E-state index in [1.807, 2.05) is 0 Å². The second-order valence-corrected chi connectivity index (χ2v) is 13.2. The lowest BCUT2D eigenvalue weighted by atomic mass is 9.74. The summed E-state index contributed by atoms with van der Waals surface area (Å²) in [7, 11) is 0. The Kier molecular flexibility index (Phi) is 7.19. The average Bonchev–Trinajstić information content (AvgIpc) is 3.38. The Morgan fingerprint density at radius 2 is 2.05 bits per heavy atom. The number of fused-ring (bicyclic) bond motifs is 4. The van der Waals surface area contributed by atoms with Gasteiger partial charge in [-0.15, -0.1) is 0 Å². The Morgan fingerprint density at radius 1 is 1.17 bits per heavy atom. The molecule has 0 radical (unpaired) electrons. The fraction of sp³-hybridized carbons (Fsp3) is 0.645. The first-order valence-corrected chi connectivity index (χ1v) is 15.7. The molecule has 0 amide bonds. The molecule has 7 rings (SSSR count). The highest BCUT2D eigenvalue weighted by molar-refractivity contribution is 6.31. The number of alkyl halides is 1. The van der Waals surface area contributed by atoms with Crippen molar-refractivity contribution in [3.63, 3.8) is 0 Å². The van der Waals surface area contributed by atoms with Gasteiger partial charge < -0.3 is 20.1 Å². The fourth-order valence-electron chi connectivity index (χ4n) is 8.13. The van der Waals surface area contributed by atoms with E-state index in [2.05, 4.69) is 15.9 Å². The molecule has 1 spiro atoms. The molecule has 1 aliphatic carbocycles. The van der Waals surface area contributed by atoms with Crippen LogP contribution in [0.3, 0.4) is 0 Å². The molecule has 3 fully saturated rings. The van der Waals surface area contributed by atoms with E-state index in [0.717, 1.165) is 74.3 Å². The molecule has 0 saturated carbocycles. The van der Waals surface area contributed by atoms with Crippen LogP contribution in [0.25, 0.3) is 0 Å². The SMILES string of the molecule is N#C[C@@H]1CCCN(c2nc(OCC34CCCN3C[C@H](F)C4)nc3c2COC2(CCCc4c(Cl)cc(N)c(F)c42)C3)CC1. The van der Waals surface area contributed by atoms with Crippen LogP contribution in [0.2, 0.25) is 5.02 Å². The number of anilines is 2. The van der Waals surface area contributed by atoms with E-state index < -0.39 is 17.6 Å². The highest BCUT2D eigenvalue weighted by Crippen LogP contribution is 2.49. The standard InChI is InChI=1S/C31H37ClF2N6O2/c32-23-12-24(36)27(34)26-21(23)5-1-8-31(26)14-25-22(17-42-31)28(39-9-2-4-19(15-35)6-11-39)38-29(37-25)41-18-30-7-3-10-40(30)16-20(33)13-30/h12,19-20H,1-11,13-14,16-18,36H2/t19-,20-,30?,31?/m1/s1. The van der Waals surface area contributed by atoms with Gasteiger partial charge in [-0.2, -0.15) is 15.2 Å². The van der Waals surface area contributed by atoms with Crippen molar-refractivity contribution >= 4 is 23.1 Å². The number of nitrogens with two attached hydrogens (primary N) is 1. The first kappa shape index (κ1) is 28.1. The van der Waals surface area contributed by atoms with Crippen LogP contribution in [-0.2, 0) is 29.8 Å². The van der Waals surface area contributed by atoms with Crippen LogP contribution in [0.5, 0.6) is 6.01 Å². The number of benzene rings is 1. The van der Waals surface area contributed by atoms with Gasteiger partial charge in [0.2, 0.25) is 0 Å². The van der Waals surface area contributed by atoms with Crippen LogP contribution in [0.1, 0.15) is 73.8 Å². The Bertz CT molecular complexity index is 1440. The average molecular weight is 599 g/mol. The Morgan fingerprint density at radius 3 is 2.90 bits per heavy atom. The molecular weight excluding hydrogens is 562 g/mol. The minimum absolute atomic E-state index is 0.0153. The lowest BCUT2D eigenvalue weighted by Crippen LogP contribution is -2.44. The van der Waals surface area contributed by atoms with E-state index in [4.69, 9.17) is 36.8 Å². The van der Waals surface area contributed by atoms with Crippen molar-refractivity contribution < 1.29 is 18.3 Å². The maximum atomic E-state index is 15.7. The normalized spacial score (nSPS) is 30.9. The predicted octanol–water partition coefficient (Wildman–Crippen LogP) is 5.24. The Balaban J connectivity index is 1.26. The summed E-state index contributed by atoms with van der Waals surface area (Å²) in [5, 5.41) is 10.0. The molecule has 2 unspecified atom stereocenters. The van der Waals surface area contributed by atoms with Crippen molar-refractivity contribution in [2.24, 2.45) is 5.92 Å². The zero-order valence-electron chi connectivity index (χ0n) is 23.8. The second kappa shape index (κ2) is 10.8. The van der Waals surface area contributed by atoms with Gasteiger partial charge in [-0.25, -0.2) is 8.78 Å². The maximum Gasteiger partial charge on any atom is 0.318 e. The van der Waals surface area contributed by atoms with E-state index in [1.54, 1.807) is 0 Å². The molecule has 2 N–H and O–H groups in total. The number of hydrogen-bond acceptors (Lipinski definition) is 8. The molecule has 8 nitrogen and oxygen atoms in total. The molecule has 11 heteroatoms. The molecule has 42 heavy (non-hydrogen) atoms. The van der Waals surface area contributed by atoms with Crippen LogP contribution in [-0.4, -0.2) is 59.4 Å². The first-order chi connectivity index (χ1) is 20.3. The number of halogens is 3. The summed E-state index contributed by atoms with van der Waals surface area (Å²) < 4.78 is 43.1. The van der Waals surface area contributed by atoms with Crippen LogP contribution < -0.4 is 15.4 Å². The van der Waals surface area contributed by atoms with Gasteiger partial charge >= 0.3 is 6.01 Å². The molecule has 5 aliphatic rings. The van der Waals surface area contributed by atoms with Crippen molar-refractivity contribution in [1.29, 1.82) is 5.26 Å². The third-order valence-electron chi connectivity index (χ3n) is 10.2. The van der Waals surface area contributed by atoms with Gasteiger partial charge in [0.1, 0.15) is 24.2 Å². The fourth-order valence-corrected chi connectivity index (χ4v) is 8.44. The van der Waals surface area contributed by atoms with Crippen molar-refractivity contribution in [2.75, 3.05) is 43.4 Å². The van der Waals surface area contributed by atoms with Gasteiger partial charge in [0.25, 0.3) is 0 Å². The van der Waals surface area contributed by atoms with E-state index >= 15 is 4.39 Å². The molecule has 1 aromatic carbocycles. The maximum absolute atomic E-state index is 15.7. The van der Waals surface area contributed by atoms with Crippen molar-refractivity contribution in [1.82, 2.24) is 14.9 Å². The lowest BCUT2D eigenvalue weighted by Gasteiger charge is -2.43. The van der Waals surface area contributed by atoms with Crippen molar-refractivity contribution in [3.05, 3.63) is 39.3 Å². The summed E-state index contributed by atoms with van der Waals surface area (Å²) in [6.07, 6.45) is 6.44. The van der Waals surface area contributed by atoms with Gasteiger partial charge in [-0.05, 0) is 69.5 Å². The van der Waals surface area contributed by atoms with Gasteiger partial charge in [0, 0.05) is 54.5 Å². The molecule has 224 valence electrons. The molecule has 5 heterocycles. The smallest absolute Gasteiger partial charge is 0.318 e. The zero-order chi connectivity index (χ0) is 29.1. The van der Waals surface area contributed by atoms with E-state index in [9.17, 15) is 9.65 Å². The number of nitrogens with zero attached hydrogens (tertiary/aromatic N) is 5. The third-order valence-corrected chi connectivity index (χ3v) is 10.6. The molecule has 4 aliphatic heterocycles. The quantitative estimate of drug-likeness (QED) is 0.477. The van der Waals surface area contributed by atoms with E-state index in [0.29, 0.717) is 56.0 Å². The molecule has 0 bridgehead atoms. The van der Waals surface area contributed by atoms with Crippen LogP contribution in [0.4, 0.5) is 20.3 Å². The number of hydrogen-bond donors (Lipinski definition) is 1. The summed E-state index contributed by atoms with van der Waals surface area (Å²) in [6.45, 7) is 3.33. The van der Waals surface area contributed by atoms with Gasteiger partial charge in [-0.3, -0.25) is 4.90 Å². The summed E-state index contributed by atoms with van der Waals surface area (Å²) in [4.78, 5) is 14.3. The first-order valence-electron chi connectivity index (χ1n) is 15.3. The Labute approximate surface area is 250 Å². The minimum Gasteiger partial charge on any atom is -0.461 e. The number of ether oxygens (including phenoxy) is 2. The number of rotatable bonds is 4. The van der Waals surface area contributed by atoms with Crippen LogP contribution in [0, 0.1) is 23.1 Å². The van der Waals surface area contributed by atoms with Crippen LogP contribution in [0.15, 0.2) is 6.07 Å². The summed E-state index contributed by atoms with van der Waals surface area (Å²) >= 11 is 6.56. The molecular formula is C31H37ClF2N6O2. The predicted molar refractivity (Wildman–Crippen MR) is 155 cm³/mol. The summed E-state index contributed by atoms with van der Waals surface area (Å²) in [6, 6.07) is 4.17. The van der Waals surface area contributed by atoms with Gasteiger partial charge in [-0.1, -0.05) is 11.6 Å². The van der Waals surface area contributed by atoms with Gasteiger partial charge in [0.05, 0.1) is 29.6 Å². The summed E-state index contributed by atoms with van der Waals surface area (Å²) in [5.41, 5.74) is 7.62. The van der Waals surface area contributed by atoms with E-state index in [1.165, 1.54) is 6.07 Å².